The van der Waals surface area contributed by atoms with Gasteiger partial charge in [-0.1, -0.05) is 35.3 Å². The monoisotopic (exact) mass is 482 g/mol. The average molecular weight is 483 g/mol. The summed E-state index contributed by atoms with van der Waals surface area (Å²) in [7, 11) is 0. The molecule has 5 nitrogen and oxygen atoms in total. The maximum absolute atomic E-state index is 13.7. The molecule has 0 atom stereocenters. The molecule has 2 aromatic carbocycles. The van der Waals surface area contributed by atoms with Gasteiger partial charge in [0.15, 0.2) is 17.0 Å². The maximum atomic E-state index is 13.7. The first-order valence-electron chi connectivity index (χ1n) is 9.08. The molecule has 2 heterocycles. The number of nitrogens with one attached hydrogen (secondary N) is 1. The number of halogens is 6. The van der Waals surface area contributed by atoms with E-state index >= 15 is 0 Å². The lowest BCUT2D eigenvalue weighted by molar-refractivity contribution is -0.142. The van der Waals surface area contributed by atoms with E-state index in [1.165, 1.54) is 12.1 Å². The number of hydrogen-bond acceptors (Lipinski definition) is 3. The van der Waals surface area contributed by atoms with Crippen LogP contribution in [0, 0.1) is 5.82 Å². The molecule has 0 radical (unpaired) electrons. The van der Waals surface area contributed by atoms with Crippen molar-refractivity contribution in [1.82, 2.24) is 19.9 Å². The van der Waals surface area contributed by atoms with Gasteiger partial charge < -0.3 is 5.32 Å². The van der Waals surface area contributed by atoms with Gasteiger partial charge in [0, 0.05) is 17.1 Å². The quantitative estimate of drug-likeness (QED) is 0.374. The number of aromatic nitrogens is 3. The van der Waals surface area contributed by atoms with E-state index in [1.807, 2.05) is 0 Å². The van der Waals surface area contributed by atoms with Gasteiger partial charge in [-0.2, -0.15) is 18.3 Å². The van der Waals surface area contributed by atoms with Crippen LogP contribution in [0.3, 0.4) is 0 Å². The van der Waals surface area contributed by atoms with E-state index < -0.39 is 29.3 Å². The van der Waals surface area contributed by atoms with Crippen molar-refractivity contribution in [3.8, 4) is 11.3 Å². The third-order valence-electron chi connectivity index (χ3n) is 4.54. The zero-order valence-corrected chi connectivity index (χ0v) is 17.4. The van der Waals surface area contributed by atoms with Gasteiger partial charge in [-0.3, -0.25) is 4.79 Å². The lowest BCUT2D eigenvalue weighted by Crippen LogP contribution is -2.23. The van der Waals surface area contributed by atoms with Crippen molar-refractivity contribution < 1.29 is 22.4 Å². The largest absolute Gasteiger partial charge is 0.433 e. The molecule has 0 saturated heterocycles. The van der Waals surface area contributed by atoms with Gasteiger partial charge in [0.05, 0.1) is 5.69 Å². The van der Waals surface area contributed by atoms with Gasteiger partial charge in [0.2, 0.25) is 0 Å². The van der Waals surface area contributed by atoms with Crippen LogP contribution in [0.15, 0.2) is 54.6 Å². The van der Waals surface area contributed by atoms with E-state index in [2.05, 4.69) is 15.4 Å². The summed E-state index contributed by atoms with van der Waals surface area (Å²) in [6.07, 6.45) is -4.82. The number of carbonyl (C=O) groups is 1. The predicted octanol–water partition coefficient (Wildman–Crippen LogP) is 5.79. The predicted molar refractivity (Wildman–Crippen MR) is 111 cm³/mol. The summed E-state index contributed by atoms with van der Waals surface area (Å²) in [5.74, 6) is -1.32. The Bertz CT molecular complexity index is 1300. The third kappa shape index (κ3) is 4.39. The number of alkyl halides is 3. The van der Waals surface area contributed by atoms with E-state index in [9.17, 15) is 22.4 Å². The second-order valence-corrected chi connectivity index (χ2v) is 7.55. The minimum absolute atomic E-state index is 0.0839. The Morgan fingerprint density at radius 1 is 1.03 bits per heavy atom. The molecule has 2 aromatic heterocycles. The zero-order valence-electron chi connectivity index (χ0n) is 15.9. The van der Waals surface area contributed by atoms with Crippen LogP contribution in [-0.2, 0) is 12.7 Å². The number of fused-ring (bicyclic) bond motifs is 1. The van der Waals surface area contributed by atoms with Crippen molar-refractivity contribution in [2.24, 2.45) is 0 Å². The molecule has 4 rings (SSSR count). The van der Waals surface area contributed by atoms with Crippen LogP contribution in [0.5, 0.6) is 0 Å². The summed E-state index contributed by atoms with van der Waals surface area (Å²) in [6, 6.07) is 12.2. The van der Waals surface area contributed by atoms with E-state index in [0.717, 1.165) is 23.8 Å². The molecule has 1 amide bonds. The molecule has 164 valence electrons. The molecule has 4 aromatic rings. The minimum atomic E-state index is -4.82. The second kappa shape index (κ2) is 8.40. The van der Waals surface area contributed by atoms with Gasteiger partial charge in [0.1, 0.15) is 10.8 Å². The molecule has 0 aliphatic rings. The van der Waals surface area contributed by atoms with Crippen LogP contribution in [0.2, 0.25) is 10.0 Å². The number of carbonyl (C=O) groups excluding carboxylic acids is 1. The number of nitrogens with zero attached hydrogens (tertiary/aromatic N) is 3. The van der Waals surface area contributed by atoms with Gasteiger partial charge in [-0.05, 0) is 48.0 Å². The highest BCUT2D eigenvalue weighted by molar-refractivity contribution is 6.36. The average Bonchev–Trinajstić information content (AvgIpc) is 3.09. The van der Waals surface area contributed by atoms with E-state index in [4.69, 9.17) is 23.2 Å². The number of hydrogen-bond donors (Lipinski definition) is 1. The Labute approximate surface area is 188 Å². The van der Waals surface area contributed by atoms with Gasteiger partial charge in [-0.25, -0.2) is 13.9 Å². The topological polar surface area (TPSA) is 59.3 Å². The van der Waals surface area contributed by atoms with E-state index in [0.29, 0.717) is 9.54 Å². The SMILES string of the molecule is O=C(NCc1ccc(Cl)cc1)c1nn2c(C(F)(F)F)cc(-c3ccc(F)cc3)nc2c1Cl. The molecule has 1 N–H and O–H groups in total. The standard InChI is InChI=1S/C21H12Cl2F4N4O/c22-13-5-1-11(2-6-13)10-28-20(32)18-17(23)19-29-15(12-3-7-14(24)8-4-12)9-16(21(25,26)27)31(19)30-18/h1-9H,10H2,(H,28,32). The van der Waals surface area contributed by atoms with Crippen LogP contribution in [0.4, 0.5) is 17.6 Å². The lowest BCUT2D eigenvalue weighted by atomic mass is 10.1. The lowest BCUT2D eigenvalue weighted by Gasteiger charge is -2.11. The van der Waals surface area contributed by atoms with Crippen LogP contribution >= 0.6 is 23.2 Å². The van der Waals surface area contributed by atoms with Crippen LogP contribution in [0.25, 0.3) is 16.9 Å². The molecular formula is C21H12Cl2F4N4O. The van der Waals surface area contributed by atoms with Crippen molar-refractivity contribution in [2.45, 2.75) is 12.7 Å². The fourth-order valence-electron chi connectivity index (χ4n) is 2.98. The first-order valence-corrected chi connectivity index (χ1v) is 9.84. The number of rotatable bonds is 4. The fourth-order valence-corrected chi connectivity index (χ4v) is 3.35. The molecule has 0 fully saturated rings. The number of amides is 1. The Morgan fingerprint density at radius 2 is 1.69 bits per heavy atom. The normalized spacial score (nSPS) is 11.7. The highest BCUT2D eigenvalue weighted by atomic mass is 35.5. The highest BCUT2D eigenvalue weighted by Crippen LogP contribution is 2.34. The van der Waals surface area contributed by atoms with Gasteiger partial charge in [-0.15, -0.1) is 0 Å². The smallest absolute Gasteiger partial charge is 0.347 e. The number of benzene rings is 2. The minimum Gasteiger partial charge on any atom is -0.347 e. The Morgan fingerprint density at radius 3 is 2.31 bits per heavy atom. The fraction of sp³-hybridized carbons (Fsp3) is 0.0952. The van der Waals surface area contributed by atoms with Gasteiger partial charge in [0.25, 0.3) is 5.91 Å². The summed E-state index contributed by atoms with van der Waals surface area (Å²) < 4.78 is 54.8. The Hall–Kier alpha value is -3.17. The summed E-state index contributed by atoms with van der Waals surface area (Å²) in [6.45, 7) is 0.0839. The van der Waals surface area contributed by atoms with Crippen molar-refractivity contribution in [3.05, 3.63) is 87.4 Å². The molecule has 0 aliphatic carbocycles. The molecule has 0 bridgehead atoms. The summed E-state index contributed by atoms with van der Waals surface area (Å²) in [5, 5.41) is 6.50. The molecular weight excluding hydrogens is 471 g/mol. The molecule has 0 saturated carbocycles. The van der Waals surface area contributed by atoms with Crippen LogP contribution < -0.4 is 5.32 Å². The van der Waals surface area contributed by atoms with Crippen LogP contribution in [-0.4, -0.2) is 20.5 Å². The third-order valence-corrected chi connectivity index (χ3v) is 5.14. The molecule has 32 heavy (non-hydrogen) atoms. The Kier molecular flexibility index (Phi) is 5.79. The molecule has 0 spiro atoms. The molecule has 0 unspecified atom stereocenters. The first-order chi connectivity index (χ1) is 15.1. The van der Waals surface area contributed by atoms with Crippen molar-refractivity contribution in [3.63, 3.8) is 0 Å². The van der Waals surface area contributed by atoms with Crippen molar-refractivity contribution >= 4 is 34.8 Å². The van der Waals surface area contributed by atoms with Gasteiger partial charge >= 0.3 is 6.18 Å². The molecule has 11 heteroatoms. The maximum Gasteiger partial charge on any atom is 0.433 e. The second-order valence-electron chi connectivity index (χ2n) is 6.74. The van der Waals surface area contributed by atoms with Crippen molar-refractivity contribution in [2.75, 3.05) is 0 Å². The molecule has 0 aliphatic heterocycles. The van der Waals surface area contributed by atoms with Crippen LogP contribution in [0.1, 0.15) is 21.7 Å². The highest BCUT2D eigenvalue weighted by Gasteiger charge is 2.36. The van der Waals surface area contributed by atoms with Crippen molar-refractivity contribution in [1.29, 1.82) is 0 Å². The first kappa shape index (κ1) is 22.0. The zero-order chi connectivity index (χ0) is 23.0. The van der Waals surface area contributed by atoms with E-state index in [-0.39, 0.29) is 28.5 Å². The summed E-state index contributed by atoms with van der Waals surface area (Å²) in [4.78, 5) is 16.7. The Balaban J connectivity index is 1.74. The van der Waals surface area contributed by atoms with E-state index in [1.54, 1.807) is 24.3 Å². The summed E-state index contributed by atoms with van der Waals surface area (Å²) in [5.41, 5.74) is -1.08. The summed E-state index contributed by atoms with van der Waals surface area (Å²) >= 11 is 12.0.